The quantitative estimate of drug-likeness (QED) is 0.0354. The third-order valence-corrected chi connectivity index (χ3v) is 10.2. The summed E-state index contributed by atoms with van der Waals surface area (Å²) in [5.41, 5.74) is 0. The van der Waals surface area contributed by atoms with Crippen LogP contribution in [-0.2, 0) is 28.6 Å². The molecular formula is C46H88O6. The van der Waals surface area contributed by atoms with E-state index in [0.29, 0.717) is 19.3 Å². The van der Waals surface area contributed by atoms with E-state index in [9.17, 15) is 14.4 Å². The van der Waals surface area contributed by atoms with Crippen LogP contribution in [0.25, 0.3) is 0 Å². The Labute approximate surface area is 323 Å². The Balaban J connectivity index is 4.14. The molecule has 0 aromatic rings. The molecule has 0 saturated heterocycles. The van der Waals surface area contributed by atoms with Crippen LogP contribution in [0, 0.1) is 11.8 Å². The number of hydrogen-bond donors (Lipinski definition) is 0. The number of carbonyl (C=O) groups excluding carboxylic acids is 3. The summed E-state index contributed by atoms with van der Waals surface area (Å²) >= 11 is 0. The maximum Gasteiger partial charge on any atom is 0.306 e. The minimum atomic E-state index is -0.758. The normalized spacial score (nSPS) is 12.1. The lowest BCUT2D eigenvalue weighted by atomic mass is 10.0. The molecule has 0 fully saturated rings. The Morgan fingerprint density at radius 3 is 0.942 bits per heavy atom. The standard InChI is InChI=1S/C46H88O6/c1-6-7-8-24-33-38-46(49)52-43(40-51-45(48)37-32-28-23-19-15-11-13-17-21-26-30-35-42(4)5)39-50-44(47)36-31-27-22-18-14-10-9-12-16-20-25-29-34-41(2)3/h41-43H,6-40H2,1-5H3/t43-/m1/s1. The van der Waals surface area contributed by atoms with Crippen molar-refractivity contribution in [1.29, 1.82) is 0 Å². The van der Waals surface area contributed by atoms with E-state index in [1.165, 1.54) is 128 Å². The average Bonchev–Trinajstić information content (AvgIpc) is 3.11. The molecule has 0 saturated carbocycles. The van der Waals surface area contributed by atoms with Crippen molar-refractivity contribution in [3.8, 4) is 0 Å². The molecule has 0 unspecified atom stereocenters. The van der Waals surface area contributed by atoms with Gasteiger partial charge < -0.3 is 14.2 Å². The molecule has 6 heteroatoms. The fraction of sp³-hybridized carbons (Fsp3) is 0.935. The summed E-state index contributed by atoms with van der Waals surface area (Å²) in [7, 11) is 0. The molecule has 308 valence electrons. The average molecular weight is 737 g/mol. The van der Waals surface area contributed by atoms with Gasteiger partial charge in [0, 0.05) is 19.3 Å². The highest BCUT2D eigenvalue weighted by Crippen LogP contribution is 2.16. The van der Waals surface area contributed by atoms with Crippen molar-refractivity contribution in [3.05, 3.63) is 0 Å². The maximum atomic E-state index is 12.5. The number of rotatable bonds is 40. The molecule has 52 heavy (non-hydrogen) atoms. The molecule has 0 heterocycles. The summed E-state index contributed by atoms with van der Waals surface area (Å²) in [6.07, 6.45) is 36.9. The van der Waals surface area contributed by atoms with Crippen LogP contribution in [0.1, 0.15) is 247 Å². The van der Waals surface area contributed by atoms with Gasteiger partial charge in [-0.25, -0.2) is 0 Å². The minimum Gasteiger partial charge on any atom is -0.462 e. The first-order valence-electron chi connectivity index (χ1n) is 22.7. The Hall–Kier alpha value is -1.59. The number of ether oxygens (including phenoxy) is 3. The molecule has 0 aromatic heterocycles. The lowest BCUT2D eigenvalue weighted by Gasteiger charge is -2.18. The lowest BCUT2D eigenvalue weighted by Crippen LogP contribution is -2.30. The van der Waals surface area contributed by atoms with Gasteiger partial charge in [-0.3, -0.25) is 14.4 Å². The molecule has 0 rings (SSSR count). The fourth-order valence-corrected chi connectivity index (χ4v) is 6.75. The number of carbonyl (C=O) groups is 3. The van der Waals surface area contributed by atoms with Crippen LogP contribution in [0.3, 0.4) is 0 Å². The van der Waals surface area contributed by atoms with Crippen LogP contribution in [0.4, 0.5) is 0 Å². The topological polar surface area (TPSA) is 78.9 Å². The minimum absolute atomic E-state index is 0.0661. The third-order valence-electron chi connectivity index (χ3n) is 10.2. The van der Waals surface area contributed by atoms with Gasteiger partial charge in [0.1, 0.15) is 13.2 Å². The maximum absolute atomic E-state index is 12.5. The molecule has 0 aliphatic heterocycles. The van der Waals surface area contributed by atoms with E-state index in [-0.39, 0.29) is 31.1 Å². The van der Waals surface area contributed by atoms with Gasteiger partial charge in [0.05, 0.1) is 0 Å². The molecule has 0 aliphatic carbocycles. The van der Waals surface area contributed by atoms with Crippen LogP contribution < -0.4 is 0 Å². The van der Waals surface area contributed by atoms with E-state index in [1.54, 1.807) is 0 Å². The first kappa shape index (κ1) is 50.4. The SMILES string of the molecule is CCCCCCCC(=O)O[C@H](COC(=O)CCCCCCCCCCCCCCC(C)C)COC(=O)CCCCCCCCCCCCCC(C)C. The van der Waals surface area contributed by atoms with Crippen molar-refractivity contribution in [2.45, 2.75) is 253 Å². The first-order valence-corrected chi connectivity index (χ1v) is 22.7. The fourth-order valence-electron chi connectivity index (χ4n) is 6.75. The second-order valence-electron chi connectivity index (χ2n) is 16.6. The molecule has 0 bridgehead atoms. The summed E-state index contributed by atoms with van der Waals surface area (Å²) in [4.78, 5) is 37.4. The van der Waals surface area contributed by atoms with Crippen LogP contribution >= 0.6 is 0 Å². The summed E-state index contributed by atoms with van der Waals surface area (Å²) < 4.78 is 16.6. The zero-order valence-corrected chi connectivity index (χ0v) is 35.4. The largest absolute Gasteiger partial charge is 0.462 e. The second kappa shape index (κ2) is 39.1. The van der Waals surface area contributed by atoms with Crippen molar-refractivity contribution in [1.82, 2.24) is 0 Å². The van der Waals surface area contributed by atoms with Gasteiger partial charge in [-0.05, 0) is 31.1 Å². The van der Waals surface area contributed by atoms with Gasteiger partial charge >= 0.3 is 17.9 Å². The van der Waals surface area contributed by atoms with Crippen LogP contribution in [0.5, 0.6) is 0 Å². The predicted octanol–water partition coefficient (Wildman–Crippen LogP) is 14.2. The lowest BCUT2D eigenvalue weighted by molar-refractivity contribution is -0.167. The van der Waals surface area contributed by atoms with Crippen LogP contribution in [0.2, 0.25) is 0 Å². The molecule has 1 atom stereocenters. The van der Waals surface area contributed by atoms with E-state index in [1.807, 2.05) is 0 Å². The van der Waals surface area contributed by atoms with Crippen LogP contribution in [0.15, 0.2) is 0 Å². The van der Waals surface area contributed by atoms with E-state index in [2.05, 4.69) is 34.6 Å². The summed E-state index contributed by atoms with van der Waals surface area (Å²) in [5.74, 6) is 0.790. The third kappa shape index (κ3) is 39.6. The van der Waals surface area contributed by atoms with E-state index < -0.39 is 6.10 Å². The monoisotopic (exact) mass is 737 g/mol. The van der Waals surface area contributed by atoms with Gasteiger partial charge in [0.2, 0.25) is 0 Å². The number of unbranched alkanes of at least 4 members (excludes halogenated alkanes) is 25. The molecule has 0 aliphatic rings. The summed E-state index contributed by atoms with van der Waals surface area (Å²) in [6, 6.07) is 0. The molecule has 0 spiro atoms. The zero-order chi connectivity index (χ0) is 38.3. The van der Waals surface area contributed by atoms with Gasteiger partial charge in [-0.1, -0.05) is 208 Å². The first-order chi connectivity index (χ1) is 25.2. The van der Waals surface area contributed by atoms with E-state index in [4.69, 9.17) is 14.2 Å². The van der Waals surface area contributed by atoms with Crippen molar-refractivity contribution in [2.75, 3.05) is 13.2 Å². The van der Waals surface area contributed by atoms with Crippen molar-refractivity contribution >= 4 is 17.9 Å². The molecule has 6 nitrogen and oxygen atoms in total. The van der Waals surface area contributed by atoms with Crippen LogP contribution in [-0.4, -0.2) is 37.2 Å². The van der Waals surface area contributed by atoms with Crippen molar-refractivity contribution in [2.24, 2.45) is 11.8 Å². The Kier molecular flexibility index (Phi) is 37.9. The molecule has 0 aromatic carbocycles. The molecule has 0 amide bonds. The smallest absolute Gasteiger partial charge is 0.306 e. The number of hydrogen-bond acceptors (Lipinski definition) is 6. The summed E-state index contributed by atoms with van der Waals surface area (Å²) in [5, 5.41) is 0. The van der Waals surface area contributed by atoms with Gasteiger partial charge in [-0.2, -0.15) is 0 Å². The highest BCUT2D eigenvalue weighted by Gasteiger charge is 2.19. The van der Waals surface area contributed by atoms with E-state index >= 15 is 0 Å². The Bertz CT molecular complexity index is 794. The Morgan fingerprint density at radius 1 is 0.365 bits per heavy atom. The van der Waals surface area contributed by atoms with Gasteiger partial charge in [0.15, 0.2) is 6.10 Å². The number of esters is 3. The molecule has 0 radical (unpaired) electrons. The van der Waals surface area contributed by atoms with E-state index in [0.717, 1.165) is 76.0 Å². The van der Waals surface area contributed by atoms with Gasteiger partial charge in [0.25, 0.3) is 0 Å². The predicted molar refractivity (Wildman–Crippen MR) is 220 cm³/mol. The highest BCUT2D eigenvalue weighted by molar-refractivity contribution is 5.71. The van der Waals surface area contributed by atoms with Crippen molar-refractivity contribution < 1.29 is 28.6 Å². The Morgan fingerprint density at radius 2 is 0.635 bits per heavy atom. The highest BCUT2D eigenvalue weighted by atomic mass is 16.6. The zero-order valence-electron chi connectivity index (χ0n) is 35.4. The van der Waals surface area contributed by atoms with Crippen molar-refractivity contribution in [3.63, 3.8) is 0 Å². The summed E-state index contributed by atoms with van der Waals surface area (Å²) in [6.45, 7) is 11.3. The molecule has 0 N–H and O–H groups in total. The second-order valence-corrected chi connectivity index (χ2v) is 16.6. The van der Waals surface area contributed by atoms with Gasteiger partial charge in [-0.15, -0.1) is 0 Å². The molecular weight excluding hydrogens is 649 g/mol.